The largest absolute Gasteiger partial charge is 0.356 e. The molecule has 0 bridgehead atoms. The number of sulfonamides is 1. The molecule has 8 nitrogen and oxygen atoms in total. The second kappa shape index (κ2) is 9.87. The normalized spacial score (nSPS) is 20.3. The van der Waals surface area contributed by atoms with Crippen LogP contribution in [0.2, 0.25) is 0 Å². The van der Waals surface area contributed by atoms with E-state index in [1.165, 1.54) is 34.8 Å². The SMILES string of the molecule is Cc1cc(F)ccc1NC(=O)C1CCCN(S(=O)(=O)c2c[nH]c(C(=O)N3CCC(C)CC3)c2)C1. The average Bonchev–Trinajstić information content (AvgIpc) is 3.32. The van der Waals surface area contributed by atoms with Crippen molar-refractivity contribution in [2.75, 3.05) is 31.5 Å². The van der Waals surface area contributed by atoms with Crippen molar-refractivity contribution in [3.63, 3.8) is 0 Å². The number of benzene rings is 1. The molecule has 1 atom stereocenters. The zero-order valence-corrected chi connectivity index (χ0v) is 20.3. The maximum absolute atomic E-state index is 13.3. The maximum atomic E-state index is 13.3. The van der Waals surface area contributed by atoms with Crippen molar-refractivity contribution in [3.05, 3.63) is 47.5 Å². The summed E-state index contributed by atoms with van der Waals surface area (Å²) in [4.78, 5) is 30.2. The number of anilines is 1. The van der Waals surface area contributed by atoms with E-state index in [0.717, 1.165) is 12.8 Å². The van der Waals surface area contributed by atoms with Crippen LogP contribution in [0.25, 0.3) is 0 Å². The van der Waals surface area contributed by atoms with Gasteiger partial charge in [0.1, 0.15) is 16.4 Å². The van der Waals surface area contributed by atoms with Crippen LogP contribution in [-0.2, 0) is 14.8 Å². The Kier molecular flexibility index (Phi) is 7.09. The van der Waals surface area contributed by atoms with Crippen molar-refractivity contribution < 1.29 is 22.4 Å². The molecule has 2 N–H and O–H groups in total. The molecule has 34 heavy (non-hydrogen) atoms. The lowest BCUT2D eigenvalue weighted by Gasteiger charge is -2.31. The summed E-state index contributed by atoms with van der Waals surface area (Å²) in [5.41, 5.74) is 1.36. The summed E-state index contributed by atoms with van der Waals surface area (Å²) in [5, 5.41) is 2.79. The van der Waals surface area contributed by atoms with Crippen molar-refractivity contribution in [2.24, 2.45) is 11.8 Å². The molecule has 0 aliphatic carbocycles. The Hall–Kier alpha value is -2.72. The predicted octanol–water partition coefficient (Wildman–Crippen LogP) is 3.37. The van der Waals surface area contributed by atoms with E-state index in [2.05, 4.69) is 17.2 Å². The average molecular weight is 491 g/mol. The highest BCUT2D eigenvalue weighted by atomic mass is 32.2. The molecule has 2 aromatic rings. The second-order valence-corrected chi connectivity index (χ2v) is 11.3. The van der Waals surface area contributed by atoms with Crippen molar-refractivity contribution in [2.45, 2.75) is 44.4 Å². The third-order valence-electron chi connectivity index (χ3n) is 6.80. The lowest BCUT2D eigenvalue weighted by Crippen LogP contribution is -2.43. The number of hydrogen-bond donors (Lipinski definition) is 2. The molecular weight excluding hydrogens is 459 g/mol. The highest BCUT2D eigenvalue weighted by Crippen LogP contribution is 2.27. The van der Waals surface area contributed by atoms with E-state index in [0.29, 0.717) is 49.6 Å². The number of carbonyl (C=O) groups excluding carboxylic acids is 2. The van der Waals surface area contributed by atoms with E-state index in [1.807, 2.05) is 0 Å². The number of carbonyl (C=O) groups is 2. The first kappa shape index (κ1) is 24.4. The molecule has 2 amide bonds. The van der Waals surface area contributed by atoms with Crippen molar-refractivity contribution in [1.29, 1.82) is 0 Å². The molecule has 2 aliphatic heterocycles. The predicted molar refractivity (Wildman–Crippen MR) is 126 cm³/mol. The van der Waals surface area contributed by atoms with Crippen LogP contribution >= 0.6 is 0 Å². The van der Waals surface area contributed by atoms with Gasteiger partial charge in [-0.1, -0.05) is 6.92 Å². The van der Waals surface area contributed by atoms with E-state index in [9.17, 15) is 22.4 Å². The molecule has 2 aliphatic rings. The zero-order valence-electron chi connectivity index (χ0n) is 19.5. The highest BCUT2D eigenvalue weighted by Gasteiger charge is 2.34. The van der Waals surface area contributed by atoms with Crippen LogP contribution in [0.1, 0.15) is 48.7 Å². The lowest BCUT2D eigenvalue weighted by atomic mass is 9.98. The number of piperidine rings is 2. The van der Waals surface area contributed by atoms with E-state index in [-0.39, 0.29) is 34.8 Å². The Labute approximate surface area is 199 Å². The number of nitrogens with one attached hydrogen (secondary N) is 2. The molecule has 4 rings (SSSR count). The van der Waals surface area contributed by atoms with E-state index in [1.54, 1.807) is 11.8 Å². The first-order valence-corrected chi connectivity index (χ1v) is 13.1. The number of rotatable bonds is 5. The first-order valence-electron chi connectivity index (χ1n) is 11.7. The molecule has 1 aromatic heterocycles. The number of hydrogen-bond acceptors (Lipinski definition) is 4. The van der Waals surface area contributed by atoms with Crippen LogP contribution in [0.15, 0.2) is 35.4 Å². The Morgan fingerprint density at radius 2 is 1.85 bits per heavy atom. The number of aromatic amines is 1. The molecule has 3 heterocycles. The number of halogens is 1. The van der Waals surface area contributed by atoms with Gasteiger partial charge in [0.15, 0.2) is 0 Å². The van der Waals surface area contributed by atoms with Gasteiger partial charge in [0.2, 0.25) is 15.9 Å². The van der Waals surface area contributed by atoms with Gasteiger partial charge in [-0.15, -0.1) is 0 Å². The van der Waals surface area contributed by atoms with Gasteiger partial charge >= 0.3 is 0 Å². The summed E-state index contributed by atoms with van der Waals surface area (Å²) >= 11 is 0. The summed E-state index contributed by atoms with van der Waals surface area (Å²) in [7, 11) is -3.87. The van der Waals surface area contributed by atoms with Crippen LogP contribution in [-0.4, -0.2) is 60.6 Å². The monoisotopic (exact) mass is 490 g/mol. The van der Waals surface area contributed by atoms with Crippen molar-refractivity contribution in [3.8, 4) is 0 Å². The molecule has 1 aromatic carbocycles. The van der Waals surface area contributed by atoms with Crippen LogP contribution in [0.5, 0.6) is 0 Å². The summed E-state index contributed by atoms with van der Waals surface area (Å²) in [6.45, 7) is 5.54. The number of aryl methyl sites for hydroxylation is 1. The molecule has 184 valence electrons. The highest BCUT2D eigenvalue weighted by molar-refractivity contribution is 7.89. The molecular formula is C24H31FN4O4S. The van der Waals surface area contributed by atoms with Gasteiger partial charge in [-0.2, -0.15) is 4.31 Å². The van der Waals surface area contributed by atoms with Crippen LogP contribution in [0.4, 0.5) is 10.1 Å². The van der Waals surface area contributed by atoms with Crippen molar-refractivity contribution >= 4 is 27.5 Å². The molecule has 2 fully saturated rings. The fourth-order valence-electron chi connectivity index (χ4n) is 4.55. The van der Waals surface area contributed by atoms with Gasteiger partial charge in [0.05, 0.1) is 5.92 Å². The zero-order chi connectivity index (χ0) is 24.5. The number of likely N-dealkylation sites (tertiary alicyclic amines) is 1. The van der Waals surface area contributed by atoms with Gasteiger partial charge in [0, 0.05) is 38.1 Å². The molecule has 0 spiro atoms. The molecule has 2 saturated heterocycles. The topological polar surface area (TPSA) is 103 Å². The van der Waals surface area contributed by atoms with Gasteiger partial charge < -0.3 is 15.2 Å². The molecule has 10 heteroatoms. The summed E-state index contributed by atoms with van der Waals surface area (Å²) in [6.07, 6.45) is 4.32. The Balaban J connectivity index is 1.43. The third kappa shape index (κ3) is 5.17. The summed E-state index contributed by atoms with van der Waals surface area (Å²) in [6, 6.07) is 5.50. The third-order valence-corrected chi connectivity index (χ3v) is 8.64. The van der Waals surface area contributed by atoms with Gasteiger partial charge in [-0.25, -0.2) is 12.8 Å². The number of amides is 2. The minimum absolute atomic E-state index is 0.0247. The van der Waals surface area contributed by atoms with Crippen LogP contribution in [0, 0.1) is 24.6 Å². The van der Waals surface area contributed by atoms with E-state index >= 15 is 0 Å². The fourth-order valence-corrected chi connectivity index (χ4v) is 6.07. The van der Waals surface area contributed by atoms with Gasteiger partial charge in [0.25, 0.3) is 5.91 Å². The Morgan fingerprint density at radius 3 is 2.56 bits per heavy atom. The minimum Gasteiger partial charge on any atom is -0.356 e. The summed E-state index contributed by atoms with van der Waals surface area (Å²) < 4.78 is 41.2. The first-order chi connectivity index (χ1) is 16.1. The van der Waals surface area contributed by atoms with Gasteiger partial charge in [-0.05, 0) is 68.4 Å². The van der Waals surface area contributed by atoms with E-state index in [4.69, 9.17) is 0 Å². The van der Waals surface area contributed by atoms with Crippen LogP contribution < -0.4 is 5.32 Å². The smallest absolute Gasteiger partial charge is 0.270 e. The maximum Gasteiger partial charge on any atom is 0.270 e. The Morgan fingerprint density at radius 1 is 1.12 bits per heavy atom. The van der Waals surface area contributed by atoms with Crippen LogP contribution in [0.3, 0.4) is 0 Å². The molecule has 1 unspecified atom stereocenters. The minimum atomic E-state index is -3.87. The summed E-state index contributed by atoms with van der Waals surface area (Å²) in [5.74, 6) is -0.814. The standard InChI is InChI=1S/C24H31FN4O4S/c1-16-7-10-28(11-8-16)24(31)22-13-20(14-26-22)34(32,33)29-9-3-4-18(15-29)23(30)27-21-6-5-19(25)12-17(21)2/h5-6,12-14,16,18,26H,3-4,7-11,15H2,1-2H3,(H,27,30). The van der Waals surface area contributed by atoms with E-state index < -0.39 is 15.9 Å². The Bertz CT molecular complexity index is 1170. The number of H-pyrrole nitrogens is 1. The number of aromatic nitrogens is 1. The molecule has 0 radical (unpaired) electrons. The quantitative estimate of drug-likeness (QED) is 0.671. The molecule has 0 saturated carbocycles. The van der Waals surface area contributed by atoms with Gasteiger partial charge in [-0.3, -0.25) is 9.59 Å². The fraction of sp³-hybridized carbons (Fsp3) is 0.500. The number of nitrogens with zero attached hydrogens (tertiary/aromatic N) is 2. The van der Waals surface area contributed by atoms with Crippen molar-refractivity contribution in [1.82, 2.24) is 14.2 Å². The lowest BCUT2D eigenvalue weighted by molar-refractivity contribution is -0.120. The second-order valence-electron chi connectivity index (χ2n) is 9.37.